The minimum absolute atomic E-state index is 0.0246. The van der Waals surface area contributed by atoms with Crippen molar-refractivity contribution in [2.24, 2.45) is 0 Å². The van der Waals surface area contributed by atoms with Gasteiger partial charge >= 0.3 is 0 Å². The summed E-state index contributed by atoms with van der Waals surface area (Å²) in [4.78, 5) is 20.0. The van der Waals surface area contributed by atoms with Crippen molar-refractivity contribution in [3.8, 4) is 11.3 Å². The fourth-order valence-electron chi connectivity index (χ4n) is 3.52. The van der Waals surface area contributed by atoms with Crippen molar-refractivity contribution in [3.05, 3.63) is 48.2 Å². The maximum absolute atomic E-state index is 13.3. The van der Waals surface area contributed by atoms with E-state index in [1.54, 1.807) is 6.20 Å². The third-order valence-corrected chi connectivity index (χ3v) is 5.17. The van der Waals surface area contributed by atoms with E-state index in [0.29, 0.717) is 5.56 Å². The molecule has 1 aromatic carbocycles. The van der Waals surface area contributed by atoms with Crippen LogP contribution in [0.25, 0.3) is 22.3 Å². The Labute approximate surface area is 161 Å². The standard InChI is InChI=1S/C22H28N4O/c1-6-17(7-2)25(5)22(27)18-13-20(16-11-9-8-10-12-16)24-21-19(18)14-23-26(21)15(3)4/h8-15,17H,6-7H2,1-5H3. The average molecular weight is 364 g/mol. The molecule has 2 heterocycles. The van der Waals surface area contributed by atoms with Gasteiger partial charge in [-0.3, -0.25) is 4.79 Å². The first-order valence-corrected chi connectivity index (χ1v) is 9.68. The lowest BCUT2D eigenvalue weighted by molar-refractivity contribution is 0.0725. The molecule has 5 heteroatoms. The number of carbonyl (C=O) groups excluding carboxylic acids is 1. The zero-order chi connectivity index (χ0) is 19.6. The Bertz CT molecular complexity index is 926. The molecule has 3 rings (SSSR count). The molecule has 0 aliphatic heterocycles. The van der Waals surface area contributed by atoms with E-state index in [9.17, 15) is 4.79 Å². The maximum Gasteiger partial charge on any atom is 0.254 e. The molecule has 0 unspecified atom stereocenters. The number of fused-ring (bicyclic) bond motifs is 1. The Morgan fingerprint density at radius 1 is 1.15 bits per heavy atom. The van der Waals surface area contributed by atoms with Gasteiger partial charge < -0.3 is 4.90 Å². The number of nitrogens with zero attached hydrogens (tertiary/aromatic N) is 4. The summed E-state index contributed by atoms with van der Waals surface area (Å²) in [5.41, 5.74) is 3.22. The van der Waals surface area contributed by atoms with Gasteiger partial charge in [0.2, 0.25) is 0 Å². The molecule has 0 N–H and O–H groups in total. The summed E-state index contributed by atoms with van der Waals surface area (Å²) in [5.74, 6) is 0.0246. The van der Waals surface area contributed by atoms with Crippen molar-refractivity contribution in [3.63, 3.8) is 0 Å². The molecule has 2 aromatic heterocycles. The first kappa shape index (κ1) is 19.1. The van der Waals surface area contributed by atoms with Crippen molar-refractivity contribution >= 4 is 16.9 Å². The van der Waals surface area contributed by atoms with Crippen LogP contribution in [0.4, 0.5) is 0 Å². The molecule has 0 saturated heterocycles. The Balaban J connectivity index is 2.20. The molecule has 3 aromatic rings. The van der Waals surface area contributed by atoms with Gasteiger partial charge in [0.1, 0.15) is 0 Å². The number of hydrogen-bond donors (Lipinski definition) is 0. The molecular weight excluding hydrogens is 336 g/mol. The molecule has 0 fully saturated rings. The third-order valence-electron chi connectivity index (χ3n) is 5.17. The zero-order valence-electron chi connectivity index (χ0n) is 16.8. The molecule has 0 atom stereocenters. The van der Waals surface area contributed by atoms with Crippen LogP contribution in [0.15, 0.2) is 42.6 Å². The van der Waals surface area contributed by atoms with Crippen LogP contribution in [0.5, 0.6) is 0 Å². The first-order chi connectivity index (χ1) is 13.0. The van der Waals surface area contributed by atoms with Gasteiger partial charge in [-0.25, -0.2) is 9.67 Å². The number of amides is 1. The van der Waals surface area contributed by atoms with E-state index in [-0.39, 0.29) is 18.0 Å². The van der Waals surface area contributed by atoms with Gasteiger partial charge in [0.25, 0.3) is 5.91 Å². The van der Waals surface area contributed by atoms with E-state index in [1.165, 1.54) is 0 Å². The number of benzene rings is 1. The Hall–Kier alpha value is -2.69. The number of rotatable bonds is 6. The van der Waals surface area contributed by atoms with Crippen LogP contribution < -0.4 is 0 Å². The second-order valence-corrected chi connectivity index (χ2v) is 7.23. The van der Waals surface area contributed by atoms with Gasteiger partial charge in [0.15, 0.2) is 5.65 Å². The third kappa shape index (κ3) is 3.59. The second kappa shape index (κ2) is 7.91. The fourth-order valence-corrected chi connectivity index (χ4v) is 3.52. The van der Waals surface area contributed by atoms with Crippen LogP contribution in [0, 0.1) is 0 Å². The summed E-state index contributed by atoms with van der Waals surface area (Å²) < 4.78 is 1.88. The molecule has 0 radical (unpaired) electrons. The van der Waals surface area contributed by atoms with E-state index in [2.05, 4.69) is 32.8 Å². The Kier molecular flexibility index (Phi) is 5.59. The minimum Gasteiger partial charge on any atom is -0.339 e. The van der Waals surface area contributed by atoms with Crippen LogP contribution in [0.3, 0.4) is 0 Å². The summed E-state index contributed by atoms with van der Waals surface area (Å²) in [7, 11) is 1.89. The van der Waals surface area contributed by atoms with E-state index < -0.39 is 0 Å². The lowest BCUT2D eigenvalue weighted by Gasteiger charge is -2.26. The van der Waals surface area contributed by atoms with Crippen LogP contribution in [0.2, 0.25) is 0 Å². The number of carbonyl (C=O) groups is 1. The SMILES string of the molecule is CCC(CC)N(C)C(=O)c1cc(-c2ccccc2)nc2c1cnn2C(C)C. The average Bonchev–Trinajstić information content (AvgIpc) is 3.12. The largest absolute Gasteiger partial charge is 0.339 e. The van der Waals surface area contributed by atoms with Gasteiger partial charge in [0.05, 0.1) is 22.8 Å². The van der Waals surface area contributed by atoms with Crippen LogP contribution in [-0.4, -0.2) is 38.7 Å². The Morgan fingerprint density at radius 3 is 2.41 bits per heavy atom. The zero-order valence-corrected chi connectivity index (χ0v) is 16.8. The molecule has 0 aliphatic carbocycles. The highest BCUT2D eigenvalue weighted by Crippen LogP contribution is 2.27. The smallest absolute Gasteiger partial charge is 0.254 e. The molecule has 142 valence electrons. The number of aromatic nitrogens is 3. The Morgan fingerprint density at radius 2 is 1.81 bits per heavy atom. The van der Waals surface area contributed by atoms with Crippen molar-refractivity contribution in [2.45, 2.75) is 52.6 Å². The highest BCUT2D eigenvalue weighted by Gasteiger charge is 2.23. The van der Waals surface area contributed by atoms with Crippen molar-refractivity contribution in [1.29, 1.82) is 0 Å². The number of pyridine rings is 1. The molecule has 0 spiro atoms. The lowest BCUT2D eigenvalue weighted by atomic mass is 10.0. The molecular formula is C22H28N4O. The van der Waals surface area contributed by atoms with Crippen LogP contribution >= 0.6 is 0 Å². The minimum atomic E-state index is 0.0246. The summed E-state index contributed by atoms with van der Waals surface area (Å²) >= 11 is 0. The van der Waals surface area contributed by atoms with E-state index in [0.717, 1.165) is 35.1 Å². The molecule has 1 amide bonds. The summed E-state index contributed by atoms with van der Waals surface area (Å²) in [6.07, 6.45) is 3.64. The van der Waals surface area contributed by atoms with Gasteiger partial charge in [-0.2, -0.15) is 5.10 Å². The summed E-state index contributed by atoms with van der Waals surface area (Å²) in [5, 5.41) is 5.31. The molecule has 0 bridgehead atoms. The maximum atomic E-state index is 13.3. The van der Waals surface area contributed by atoms with Crippen LogP contribution in [0.1, 0.15) is 56.9 Å². The molecule has 5 nitrogen and oxygen atoms in total. The van der Waals surface area contributed by atoms with Gasteiger partial charge in [0, 0.05) is 24.7 Å². The van der Waals surface area contributed by atoms with Gasteiger partial charge in [-0.15, -0.1) is 0 Å². The van der Waals surface area contributed by atoms with E-state index in [1.807, 2.05) is 53.0 Å². The number of hydrogen-bond acceptors (Lipinski definition) is 3. The van der Waals surface area contributed by atoms with E-state index >= 15 is 0 Å². The van der Waals surface area contributed by atoms with Gasteiger partial charge in [-0.1, -0.05) is 44.2 Å². The van der Waals surface area contributed by atoms with Gasteiger partial charge in [-0.05, 0) is 32.8 Å². The molecule has 27 heavy (non-hydrogen) atoms. The molecule has 0 aliphatic rings. The highest BCUT2D eigenvalue weighted by molar-refractivity contribution is 6.06. The van der Waals surface area contributed by atoms with E-state index in [4.69, 9.17) is 4.98 Å². The van der Waals surface area contributed by atoms with Crippen molar-refractivity contribution in [2.75, 3.05) is 7.05 Å². The second-order valence-electron chi connectivity index (χ2n) is 7.23. The topological polar surface area (TPSA) is 51.0 Å². The summed E-state index contributed by atoms with van der Waals surface area (Å²) in [6.45, 7) is 8.38. The normalized spacial score (nSPS) is 11.5. The van der Waals surface area contributed by atoms with Crippen LogP contribution in [-0.2, 0) is 0 Å². The predicted molar refractivity (Wildman–Crippen MR) is 110 cm³/mol. The quantitative estimate of drug-likeness (QED) is 0.622. The monoisotopic (exact) mass is 364 g/mol. The summed E-state index contributed by atoms with van der Waals surface area (Å²) in [6, 6.07) is 12.3. The van der Waals surface area contributed by atoms with Crippen molar-refractivity contribution in [1.82, 2.24) is 19.7 Å². The lowest BCUT2D eigenvalue weighted by Crippen LogP contribution is -2.36. The first-order valence-electron chi connectivity index (χ1n) is 9.68. The van der Waals surface area contributed by atoms with Crippen molar-refractivity contribution < 1.29 is 4.79 Å². The predicted octanol–water partition coefficient (Wildman–Crippen LogP) is 4.94. The fraction of sp³-hybridized carbons (Fsp3) is 0.409. The molecule has 0 saturated carbocycles. The highest BCUT2D eigenvalue weighted by atomic mass is 16.2.